The van der Waals surface area contributed by atoms with Crippen LogP contribution < -0.4 is 0 Å². The average Bonchev–Trinajstić information content (AvgIpc) is 3.01. The molecule has 8 atom stereocenters. The van der Waals surface area contributed by atoms with Gasteiger partial charge in [-0.3, -0.25) is 4.79 Å². The molecule has 4 heteroatoms. The van der Waals surface area contributed by atoms with Crippen LogP contribution in [0.5, 0.6) is 0 Å². The lowest BCUT2D eigenvalue weighted by molar-refractivity contribution is -0.189. The van der Waals surface area contributed by atoms with Crippen LogP contribution in [0.1, 0.15) is 41.0 Å². The first-order valence-electron chi connectivity index (χ1n) is 9.01. The summed E-state index contributed by atoms with van der Waals surface area (Å²) in [6.07, 6.45) is 2.01. The van der Waals surface area contributed by atoms with Gasteiger partial charge in [0.1, 0.15) is 17.8 Å². The van der Waals surface area contributed by atoms with Crippen molar-refractivity contribution >= 4 is 5.78 Å². The zero-order valence-electron chi connectivity index (χ0n) is 15.1. The molecule has 0 unspecified atom stereocenters. The van der Waals surface area contributed by atoms with E-state index in [1.165, 1.54) is 0 Å². The lowest BCUT2D eigenvalue weighted by Crippen LogP contribution is -2.64. The van der Waals surface area contributed by atoms with Gasteiger partial charge in [-0.05, 0) is 54.6 Å². The Labute approximate surface area is 143 Å². The highest BCUT2D eigenvalue weighted by atomic mass is 16.4. The Balaban J connectivity index is 1.99. The molecule has 4 aliphatic rings. The van der Waals surface area contributed by atoms with E-state index in [1.54, 1.807) is 19.9 Å². The van der Waals surface area contributed by atoms with Crippen molar-refractivity contribution in [2.45, 2.75) is 58.8 Å². The second-order valence-electron chi connectivity index (χ2n) is 9.28. The second-order valence-corrected chi connectivity index (χ2v) is 9.28. The summed E-state index contributed by atoms with van der Waals surface area (Å²) in [6.45, 7) is 9.91. The van der Waals surface area contributed by atoms with E-state index in [2.05, 4.69) is 13.8 Å². The molecule has 0 heterocycles. The van der Waals surface area contributed by atoms with Gasteiger partial charge in [0.15, 0.2) is 5.78 Å². The largest absolute Gasteiger partial charge is 0.386 e. The van der Waals surface area contributed by atoms with E-state index >= 15 is 0 Å². The quantitative estimate of drug-likeness (QED) is 0.592. The number of rotatable bonds is 0. The van der Waals surface area contributed by atoms with Crippen LogP contribution in [0.2, 0.25) is 0 Å². The van der Waals surface area contributed by atoms with Gasteiger partial charge in [0, 0.05) is 5.92 Å². The summed E-state index contributed by atoms with van der Waals surface area (Å²) in [6, 6.07) is 0. The Kier molecular flexibility index (Phi) is 3.03. The van der Waals surface area contributed by atoms with E-state index < -0.39 is 23.2 Å². The number of fused-ring (bicyclic) bond motifs is 3. The molecule has 0 radical (unpaired) electrons. The van der Waals surface area contributed by atoms with E-state index in [4.69, 9.17) is 0 Å². The number of carbonyl (C=O) groups excluding carboxylic acids is 1. The van der Waals surface area contributed by atoms with Crippen molar-refractivity contribution in [1.82, 2.24) is 0 Å². The van der Waals surface area contributed by atoms with Crippen LogP contribution in [0.4, 0.5) is 0 Å². The summed E-state index contributed by atoms with van der Waals surface area (Å²) < 4.78 is 0. The zero-order valence-corrected chi connectivity index (χ0v) is 15.1. The Hall–Kier alpha value is -0.970. The maximum atomic E-state index is 13.7. The third-order valence-corrected chi connectivity index (χ3v) is 7.88. The van der Waals surface area contributed by atoms with Gasteiger partial charge in [0.05, 0.1) is 5.41 Å². The maximum Gasteiger partial charge on any atom is 0.153 e. The van der Waals surface area contributed by atoms with Gasteiger partial charge in [0.25, 0.3) is 0 Å². The Bertz CT molecular complexity index is 690. The van der Waals surface area contributed by atoms with E-state index in [-0.39, 0.29) is 29.0 Å². The van der Waals surface area contributed by atoms with Crippen LogP contribution in [-0.4, -0.2) is 38.9 Å². The lowest BCUT2D eigenvalue weighted by atomic mass is 9.59. The third kappa shape index (κ3) is 1.50. The molecular formula is C20H28O4. The van der Waals surface area contributed by atoms with Crippen LogP contribution in [0, 0.1) is 34.5 Å². The molecule has 0 saturated heterocycles. The summed E-state index contributed by atoms with van der Waals surface area (Å²) in [4.78, 5) is 13.7. The van der Waals surface area contributed by atoms with Gasteiger partial charge in [0.2, 0.25) is 0 Å². The second kappa shape index (κ2) is 4.40. The molecule has 0 amide bonds. The number of aliphatic hydroxyl groups is 3. The fourth-order valence-corrected chi connectivity index (χ4v) is 6.41. The van der Waals surface area contributed by atoms with Crippen LogP contribution in [0.3, 0.4) is 0 Å². The topological polar surface area (TPSA) is 77.8 Å². The van der Waals surface area contributed by atoms with Gasteiger partial charge < -0.3 is 15.3 Å². The van der Waals surface area contributed by atoms with E-state index in [0.29, 0.717) is 17.1 Å². The zero-order chi connectivity index (χ0) is 17.8. The van der Waals surface area contributed by atoms with E-state index in [9.17, 15) is 20.1 Å². The van der Waals surface area contributed by atoms with Crippen molar-refractivity contribution in [2.24, 2.45) is 34.5 Å². The maximum absolute atomic E-state index is 13.7. The van der Waals surface area contributed by atoms with Crippen LogP contribution >= 0.6 is 0 Å². The molecule has 24 heavy (non-hydrogen) atoms. The summed E-state index contributed by atoms with van der Waals surface area (Å²) in [5, 5.41) is 33.2. The molecule has 1 spiro atoms. The molecule has 0 aromatic rings. The number of hydrogen-bond acceptors (Lipinski definition) is 4. The number of Topliss-reactive ketones (excluding diaryl/α,β-unsaturated/α-hetero) is 1. The normalized spacial score (nSPS) is 54.9. The third-order valence-electron chi connectivity index (χ3n) is 7.88. The Morgan fingerprint density at radius 1 is 1.12 bits per heavy atom. The highest BCUT2D eigenvalue weighted by Gasteiger charge is 2.75. The molecule has 4 rings (SSSR count). The summed E-state index contributed by atoms with van der Waals surface area (Å²) >= 11 is 0. The highest BCUT2D eigenvalue weighted by molar-refractivity contribution is 5.95. The highest BCUT2D eigenvalue weighted by Crippen LogP contribution is 2.71. The van der Waals surface area contributed by atoms with Crippen LogP contribution in [-0.2, 0) is 4.79 Å². The molecule has 2 bridgehead atoms. The number of ketones is 1. The standard InChI is InChI=1S/C20H28O4/c1-9-6-12-14-13(18(14,4)5)7-11(3)19(17(12)23)8-10(2)16(22)20(19,24)15(9)21/h6,8,11-16,21-22,24H,7H2,1-5H3/t11-,12+,13-,14-,15-,16+,19-,20+/m1/s1. The summed E-state index contributed by atoms with van der Waals surface area (Å²) in [5.74, 6) is 0.240. The van der Waals surface area contributed by atoms with Crippen molar-refractivity contribution in [2.75, 3.05) is 0 Å². The fourth-order valence-electron chi connectivity index (χ4n) is 6.41. The van der Waals surface area contributed by atoms with Gasteiger partial charge in [-0.25, -0.2) is 0 Å². The molecule has 0 aromatic heterocycles. The lowest BCUT2D eigenvalue weighted by Gasteiger charge is -2.48. The molecule has 4 nitrogen and oxygen atoms in total. The van der Waals surface area contributed by atoms with Crippen molar-refractivity contribution in [1.29, 1.82) is 0 Å². The summed E-state index contributed by atoms with van der Waals surface area (Å²) in [7, 11) is 0. The summed E-state index contributed by atoms with van der Waals surface area (Å²) in [5.41, 5.74) is -1.80. The van der Waals surface area contributed by atoms with Crippen LogP contribution in [0.25, 0.3) is 0 Å². The van der Waals surface area contributed by atoms with Crippen molar-refractivity contribution < 1.29 is 20.1 Å². The van der Waals surface area contributed by atoms with Crippen LogP contribution in [0.15, 0.2) is 23.3 Å². The van der Waals surface area contributed by atoms with Gasteiger partial charge in [-0.1, -0.05) is 32.9 Å². The predicted octanol–water partition coefficient (Wildman–Crippen LogP) is 1.84. The van der Waals surface area contributed by atoms with Gasteiger partial charge in [-0.15, -0.1) is 0 Å². The molecule has 132 valence electrons. The fraction of sp³-hybridized carbons (Fsp3) is 0.750. The number of carbonyl (C=O) groups is 1. The van der Waals surface area contributed by atoms with E-state index in [1.807, 2.05) is 13.0 Å². The van der Waals surface area contributed by atoms with Gasteiger partial charge >= 0.3 is 0 Å². The average molecular weight is 332 g/mol. The van der Waals surface area contributed by atoms with Crippen molar-refractivity contribution in [3.8, 4) is 0 Å². The minimum atomic E-state index is -1.87. The minimum absolute atomic E-state index is 0.0256. The molecule has 3 N–H and O–H groups in total. The first-order valence-corrected chi connectivity index (χ1v) is 9.01. The number of hydrogen-bond donors (Lipinski definition) is 3. The molecule has 2 saturated carbocycles. The molecule has 2 fully saturated rings. The Morgan fingerprint density at radius 3 is 2.33 bits per heavy atom. The van der Waals surface area contributed by atoms with Crippen molar-refractivity contribution in [3.05, 3.63) is 23.3 Å². The number of aliphatic hydroxyl groups excluding tert-OH is 2. The number of allylic oxidation sites excluding steroid dienone is 1. The predicted molar refractivity (Wildman–Crippen MR) is 89.9 cm³/mol. The first-order chi connectivity index (χ1) is 11.0. The Morgan fingerprint density at radius 2 is 1.71 bits per heavy atom. The molecule has 0 aromatic carbocycles. The van der Waals surface area contributed by atoms with Crippen molar-refractivity contribution in [3.63, 3.8) is 0 Å². The van der Waals surface area contributed by atoms with E-state index in [0.717, 1.165) is 6.42 Å². The smallest absolute Gasteiger partial charge is 0.153 e. The minimum Gasteiger partial charge on any atom is -0.386 e. The molecule has 0 aliphatic heterocycles. The SMILES string of the molecule is CC1=C[C@@H]2C(=O)[C@@]3(C=C(C)[C@H](O)[C@@]3(O)[C@@H]1O)[C@H](C)C[C@@H]1[C@@H]2C1(C)C. The molecular weight excluding hydrogens is 304 g/mol. The van der Waals surface area contributed by atoms with Gasteiger partial charge in [-0.2, -0.15) is 0 Å². The first kappa shape index (κ1) is 16.5. The molecule has 4 aliphatic carbocycles. The monoisotopic (exact) mass is 332 g/mol.